The van der Waals surface area contributed by atoms with Crippen molar-refractivity contribution in [3.63, 3.8) is 0 Å². The second kappa shape index (κ2) is 5.41. The van der Waals surface area contributed by atoms with E-state index in [1.807, 2.05) is 0 Å². The first kappa shape index (κ1) is 16.6. The van der Waals surface area contributed by atoms with E-state index >= 15 is 0 Å². The summed E-state index contributed by atoms with van der Waals surface area (Å²) >= 11 is 0. The van der Waals surface area contributed by atoms with Crippen molar-refractivity contribution in [2.45, 2.75) is 71.5 Å². The molecule has 1 saturated heterocycles. The number of hydrogen-bond donors (Lipinski definition) is 0. The van der Waals surface area contributed by atoms with E-state index in [0.29, 0.717) is 24.8 Å². The monoisotopic (exact) mass is 316 g/mol. The van der Waals surface area contributed by atoms with Crippen LogP contribution in [-0.4, -0.2) is 23.3 Å². The van der Waals surface area contributed by atoms with Crippen LogP contribution in [0.25, 0.3) is 0 Å². The van der Waals surface area contributed by atoms with Gasteiger partial charge in [0.05, 0.1) is 11.7 Å². The van der Waals surface area contributed by atoms with E-state index < -0.39 is 0 Å². The molecule has 0 amide bonds. The van der Waals surface area contributed by atoms with Gasteiger partial charge in [0.1, 0.15) is 5.78 Å². The van der Waals surface area contributed by atoms with Gasteiger partial charge in [0, 0.05) is 24.2 Å². The zero-order valence-corrected chi connectivity index (χ0v) is 14.8. The Morgan fingerprint density at radius 1 is 1.26 bits per heavy atom. The molecule has 3 aliphatic rings. The Balaban J connectivity index is 2.00. The first-order valence-electron chi connectivity index (χ1n) is 8.78. The highest BCUT2D eigenvalue weighted by Gasteiger charge is 2.53. The average molecular weight is 316 g/mol. The van der Waals surface area contributed by atoms with Crippen LogP contribution in [-0.2, 0) is 14.3 Å². The molecule has 0 aromatic heterocycles. The number of allylic oxidation sites excluding steroid dienone is 2. The molecule has 0 unspecified atom stereocenters. The first-order chi connectivity index (χ1) is 10.7. The Morgan fingerprint density at radius 3 is 2.61 bits per heavy atom. The molecule has 1 heterocycles. The molecule has 0 radical (unpaired) electrons. The van der Waals surface area contributed by atoms with Crippen LogP contribution in [0.1, 0.15) is 59.8 Å². The van der Waals surface area contributed by atoms with Gasteiger partial charge < -0.3 is 4.74 Å². The van der Waals surface area contributed by atoms with E-state index in [0.717, 1.165) is 18.4 Å². The average Bonchev–Trinajstić information content (AvgIpc) is 3.01. The third kappa shape index (κ3) is 2.84. The maximum atomic E-state index is 12.6. The van der Waals surface area contributed by atoms with Crippen molar-refractivity contribution in [1.29, 1.82) is 0 Å². The summed E-state index contributed by atoms with van der Waals surface area (Å²) < 4.78 is 5.88. The highest BCUT2D eigenvalue weighted by Crippen LogP contribution is 2.52. The molecule has 0 bridgehead atoms. The maximum Gasteiger partial charge on any atom is 0.159 e. The molecule has 2 aliphatic carbocycles. The van der Waals surface area contributed by atoms with Gasteiger partial charge >= 0.3 is 0 Å². The smallest absolute Gasteiger partial charge is 0.159 e. The van der Waals surface area contributed by atoms with Crippen molar-refractivity contribution in [3.05, 3.63) is 23.8 Å². The van der Waals surface area contributed by atoms with Crippen molar-refractivity contribution in [1.82, 2.24) is 0 Å². The lowest BCUT2D eigenvalue weighted by Crippen LogP contribution is -2.23. The van der Waals surface area contributed by atoms with Crippen LogP contribution < -0.4 is 0 Å². The van der Waals surface area contributed by atoms with Gasteiger partial charge in [-0.1, -0.05) is 39.0 Å². The van der Waals surface area contributed by atoms with Gasteiger partial charge in [-0.3, -0.25) is 9.59 Å². The van der Waals surface area contributed by atoms with Crippen LogP contribution >= 0.6 is 0 Å². The molecule has 126 valence electrons. The minimum atomic E-state index is -0.350. The summed E-state index contributed by atoms with van der Waals surface area (Å²) in [6.45, 7) is 12.4. The second-order valence-corrected chi connectivity index (χ2v) is 8.45. The first-order valence-corrected chi connectivity index (χ1v) is 8.78. The Labute approximate surface area is 139 Å². The topological polar surface area (TPSA) is 46.7 Å². The van der Waals surface area contributed by atoms with E-state index in [1.54, 1.807) is 0 Å². The molecule has 23 heavy (non-hydrogen) atoms. The number of epoxide rings is 1. The summed E-state index contributed by atoms with van der Waals surface area (Å²) in [5.74, 6) is 0.604. The zero-order chi connectivity index (χ0) is 17.0. The SMILES string of the molecule is C=C1CC[C@H]2O[C@@]2(C)C/C=C2/[C@@H](C(C)C)C(=O)C[C@]2(C)CC1=O. The summed E-state index contributed by atoms with van der Waals surface area (Å²) in [5, 5.41) is 0. The number of ketones is 2. The number of fused-ring (bicyclic) bond motifs is 2. The Kier molecular flexibility index (Phi) is 3.91. The summed E-state index contributed by atoms with van der Waals surface area (Å²) in [5.41, 5.74) is 1.37. The maximum absolute atomic E-state index is 12.6. The largest absolute Gasteiger partial charge is 0.366 e. The highest BCUT2D eigenvalue weighted by molar-refractivity contribution is 5.97. The van der Waals surface area contributed by atoms with E-state index in [-0.39, 0.29) is 40.5 Å². The number of carbonyl (C=O) groups excluding carboxylic acids is 2. The number of rotatable bonds is 1. The van der Waals surface area contributed by atoms with E-state index in [2.05, 4.69) is 40.3 Å². The minimum absolute atomic E-state index is 0.0531. The van der Waals surface area contributed by atoms with Crippen LogP contribution in [0, 0.1) is 17.3 Å². The molecule has 0 spiro atoms. The molecule has 2 fully saturated rings. The Hall–Kier alpha value is -1.22. The van der Waals surface area contributed by atoms with Crippen LogP contribution in [0.2, 0.25) is 0 Å². The van der Waals surface area contributed by atoms with Gasteiger partial charge in [-0.2, -0.15) is 0 Å². The van der Waals surface area contributed by atoms with E-state index in [1.165, 1.54) is 0 Å². The van der Waals surface area contributed by atoms with Crippen molar-refractivity contribution < 1.29 is 14.3 Å². The Bertz CT molecular complexity index is 600. The predicted molar refractivity (Wildman–Crippen MR) is 90.0 cm³/mol. The van der Waals surface area contributed by atoms with Crippen LogP contribution in [0.5, 0.6) is 0 Å². The molecule has 1 aliphatic heterocycles. The third-order valence-corrected chi connectivity index (χ3v) is 6.03. The summed E-state index contributed by atoms with van der Waals surface area (Å²) in [4.78, 5) is 25.2. The molecule has 3 rings (SSSR count). The van der Waals surface area contributed by atoms with Gasteiger partial charge in [-0.25, -0.2) is 0 Å². The normalized spacial score (nSPS) is 43.5. The molecule has 3 heteroatoms. The Morgan fingerprint density at radius 2 is 1.96 bits per heavy atom. The lowest BCUT2D eigenvalue weighted by molar-refractivity contribution is -0.121. The quantitative estimate of drug-likeness (QED) is 0.417. The predicted octanol–water partition coefficient (Wildman–Crippen LogP) is 4.02. The van der Waals surface area contributed by atoms with Gasteiger partial charge in [0.2, 0.25) is 0 Å². The third-order valence-electron chi connectivity index (χ3n) is 6.03. The summed E-state index contributed by atoms with van der Waals surface area (Å²) in [7, 11) is 0. The number of Topliss-reactive ketones (excluding diaryl/α,β-unsaturated/α-hetero) is 2. The lowest BCUT2D eigenvalue weighted by Gasteiger charge is -2.28. The van der Waals surface area contributed by atoms with Gasteiger partial charge in [-0.05, 0) is 37.7 Å². The molecule has 4 atom stereocenters. The molecule has 0 aromatic carbocycles. The summed E-state index contributed by atoms with van der Waals surface area (Å²) in [6.07, 6.45) is 5.72. The van der Waals surface area contributed by atoms with Gasteiger partial charge in [0.15, 0.2) is 5.78 Å². The minimum Gasteiger partial charge on any atom is -0.366 e. The zero-order valence-electron chi connectivity index (χ0n) is 14.8. The molecular weight excluding hydrogens is 288 g/mol. The number of hydrogen-bond acceptors (Lipinski definition) is 3. The van der Waals surface area contributed by atoms with Crippen LogP contribution in [0.4, 0.5) is 0 Å². The van der Waals surface area contributed by atoms with Crippen molar-refractivity contribution >= 4 is 11.6 Å². The standard InChI is InChI=1S/C20H28O3/c1-12(2)18-14-8-9-20(5)17(23-20)7-6-13(3)15(21)10-19(14,4)11-16(18)22/h8,12,17-18H,3,6-7,9-11H2,1-2,4-5H3/b14-8-/t17-,18-,19+,20+/m1/s1. The van der Waals surface area contributed by atoms with Crippen molar-refractivity contribution in [2.75, 3.05) is 0 Å². The number of ether oxygens (including phenoxy) is 1. The van der Waals surface area contributed by atoms with Crippen molar-refractivity contribution in [3.8, 4) is 0 Å². The van der Waals surface area contributed by atoms with Gasteiger partial charge in [0.25, 0.3) is 0 Å². The fourth-order valence-corrected chi connectivity index (χ4v) is 4.49. The van der Waals surface area contributed by atoms with Crippen molar-refractivity contribution in [2.24, 2.45) is 17.3 Å². The fraction of sp³-hybridized carbons (Fsp3) is 0.700. The fourth-order valence-electron chi connectivity index (χ4n) is 4.49. The molecule has 3 nitrogen and oxygen atoms in total. The van der Waals surface area contributed by atoms with E-state index in [9.17, 15) is 9.59 Å². The molecule has 0 aromatic rings. The molecule has 0 N–H and O–H groups in total. The van der Waals surface area contributed by atoms with Crippen LogP contribution in [0.15, 0.2) is 23.8 Å². The molecular formula is C20H28O3. The lowest BCUT2D eigenvalue weighted by atomic mass is 9.75. The second-order valence-electron chi connectivity index (χ2n) is 8.45. The highest BCUT2D eigenvalue weighted by atomic mass is 16.6. The van der Waals surface area contributed by atoms with Gasteiger partial charge in [-0.15, -0.1) is 0 Å². The van der Waals surface area contributed by atoms with Crippen LogP contribution in [0.3, 0.4) is 0 Å². The van der Waals surface area contributed by atoms with E-state index in [4.69, 9.17) is 4.74 Å². The summed E-state index contributed by atoms with van der Waals surface area (Å²) in [6, 6.07) is 0. The number of carbonyl (C=O) groups is 2. The molecule has 1 saturated carbocycles.